The third-order valence-corrected chi connectivity index (χ3v) is 0.598. The maximum absolute atomic E-state index is 8.09. The van der Waals surface area contributed by atoms with Gasteiger partial charge in [-0.2, -0.15) is 5.26 Å². The molecule has 0 aromatic carbocycles. The van der Waals surface area contributed by atoms with Crippen molar-refractivity contribution in [3.8, 4) is 6.07 Å². The number of ether oxygens (including phenoxy) is 1. The van der Waals surface area contributed by atoms with Gasteiger partial charge in [0.15, 0.2) is 0 Å². The average molecular weight is 99.1 g/mol. The molecule has 0 bridgehead atoms. The second kappa shape index (κ2) is 3.63. The second-order valence-corrected chi connectivity index (χ2v) is 1.23. The summed E-state index contributed by atoms with van der Waals surface area (Å²) in [5.41, 5.74) is 0. The number of nitriles is 1. The van der Waals surface area contributed by atoms with Gasteiger partial charge in [0.1, 0.15) is 6.10 Å². The van der Waals surface area contributed by atoms with Gasteiger partial charge in [-0.25, -0.2) is 0 Å². The zero-order chi connectivity index (χ0) is 5.70. The fourth-order valence-electron chi connectivity index (χ4n) is 0.287. The molecule has 0 aromatic heterocycles. The number of hydrogen-bond donors (Lipinski definition) is 0. The van der Waals surface area contributed by atoms with Crippen LogP contribution >= 0.6 is 0 Å². The summed E-state index contributed by atoms with van der Waals surface area (Å²) in [6.45, 7) is 4.21. The molecule has 0 spiro atoms. The first kappa shape index (κ1) is 6.45. The van der Waals surface area contributed by atoms with Crippen LogP contribution in [0.2, 0.25) is 0 Å². The molecule has 1 atom stereocenters. The van der Waals surface area contributed by atoms with E-state index in [1.807, 2.05) is 13.0 Å². The summed E-state index contributed by atoms with van der Waals surface area (Å²) in [4.78, 5) is 0. The molecule has 0 aromatic rings. The Hall–Kier alpha value is -0.550. The molecule has 0 aliphatic rings. The fourth-order valence-corrected chi connectivity index (χ4v) is 0.287. The van der Waals surface area contributed by atoms with Crippen LogP contribution in [0.15, 0.2) is 0 Å². The van der Waals surface area contributed by atoms with E-state index in [9.17, 15) is 0 Å². The molecule has 0 heterocycles. The molecule has 0 aliphatic heterocycles. The molecule has 0 amide bonds. The molecule has 2 heteroatoms. The number of hydrogen-bond acceptors (Lipinski definition) is 2. The lowest BCUT2D eigenvalue weighted by Crippen LogP contribution is -2.02. The zero-order valence-electron chi connectivity index (χ0n) is 4.64. The average Bonchev–Trinajstić information content (AvgIpc) is 1.68. The minimum absolute atomic E-state index is 0.245. The van der Waals surface area contributed by atoms with Gasteiger partial charge in [0.2, 0.25) is 0 Å². The topological polar surface area (TPSA) is 33.0 Å². The highest BCUT2D eigenvalue weighted by Crippen LogP contribution is 1.83. The van der Waals surface area contributed by atoms with Crippen molar-refractivity contribution in [3.63, 3.8) is 0 Å². The van der Waals surface area contributed by atoms with Crippen LogP contribution in [0.25, 0.3) is 0 Å². The van der Waals surface area contributed by atoms with Crippen molar-refractivity contribution in [2.45, 2.75) is 20.0 Å². The van der Waals surface area contributed by atoms with Gasteiger partial charge < -0.3 is 4.74 Å². The Labute approximate surface area is 43.7 Å². The molecule has 0 rings (SSSR count). The third kappa shape index (κ3) is 3.28. The summed E-state index contributed by atoms with van der Waals surface area (Å²) in [5.74, 6) is 0. The molecule has 0 fully saturated rings. The van der Waals surface area contributed by atoms with Crippen LogP contribution in [-0.2, 0) is 4.74 Å². The summed E-state index contributed by atoms with van der Waals surface area (Å²) in [6.07, 6.45) is -0.245. The molecule has 0 saturated carbocycles. The lowest BCUT2D eigenvalue weighted by atomic mass is 10.5. The molecule has 7 heavy (non-hydrogen) atoms. The summed E-state index contributed by atoms with van der Waals surface area (Å²) >= 11 is 0. The highest BCUT2D eigenvalue weighted by Gasteiger charge is 1.91. The van der Waals surface area contributed by atoms with Crippen molar-refractivity contribution in [2.24, 2.45) is 0 Å². The largest absolute Gasteiger partial charge is 0.364 e. The Morgan fingerprint density at radius 2 is 2.43 bits per heavy atom. The Kier molecular flexibility index (Phi) is 3.35. The molecule has 40 valence electrons. The van der Waals surface area contributed by atoms with Gasteiger partial charge in [-0.05, 0) is 13.8 Å². The molecule has 0 unspecified atom stereocenters. The molecular formula is C5H9NO. The lowest BCUT2D eigenvalue weighted by Gasteiger charge is -1.97. The zero-order valence-corrected chi connectivity index (χ0v) is 4.64. The van der Waals surface area contributed by atoms with Crippen LogP contribution in [0, 0.1) is 11.3 Å². The van der Waals surface area contributed by atoms with E-state index >= 15 is 0 Å². The predicted molar refractivity (Wildman–Crippen MR) is 26.7 cm³/mol. The Morgan fingerprint density at radius 3 is 2.57 bits per heavy atom. The van der Waals surface area contributed by atoms with E-state index in [1.54, 1.807) is 6.92 Å². The first-order valence-corrected chi connectivity index (χ1v) is 2.32. The first-order valence-electron chi connectivity index (χ1n) is 2.32. The van der Waals surface area contributed by atoms with E-state index in [4.69, 9.17) is 10.00 Å². The highest BCUT2D eigenvalue weighted by atomic mass is 16.5. The van der Waals surface area contributed by atoms with Gasteiger partial charge >= 0.3 is 0 Å². The smallest absolute Gasteiger partial charge is 0.141 e. The molecular weight excluding hydrogens is 90.1 g/mol. The van der Waals surface area contributed by atoms with Crippen molar-refractivity contribution in [2.75, 3.05) is 6.61 Å². The SMILES string of the molecule is CCO[C@@H](C)C#N. The van der Waals surface area contributed by atoms with Crippen LogP contribution in [0.3, 0.4) is 0 Å². The van der Waals surface area contributed by atoms with Gasteiger partial charge in [-0.1, -0.05) is 0 Å². The van der Waals surface area contributed by atoms with Crippen molar-refractivity contribution < 1.29 is 4.74 Å². The van der Waals surface area contributed by atoms with Crippen LogP contribution in [0.4, 0.5) is 0 Å². The minimum atomic E-state index is -0.245. The number of nitrogens with zero attached hydrogens (tertiary/aromatic N) is 1. The molecule has 0 saturated heterocycles. The predicted octanol–water partition coefficient (Wildman–Crippen LogP) is 0.935. The molecule has 0 N–H and O–H groups in total. The highest BCUT2D eigenvalue weighted by molar-refractivity contribution is 4.78. The maximum Gasteiger partial charge on any atom is 0.141 e. The van der Waals surface area contributed by atoms with Gasteiger partial charge in [0, 0.05) is 6.61 Å². The van der Waals surface area contributed by atoms with Gasteiger partial charge in [0.05, 0.1) is 6.07 Å². The first-order chi connectivity index (χ1) is 3.31. The van der Waals surface area contributed by atoms with Crippen LogP contribution < -0.4 is 0 Å². The third-order valence-electron chi connectivity index (χ3n) is 0.598. The van der Waals surface area contributed by atoms with E-state index < -0.39 is 0 Å². The van der Waals surface area contributed by atoms with E-state index in [0.29, 0.717) is 6.61 Å². The van der Waals surface area contributed by atoms with Crippen LogP contribution in [-0.4, -0.2) is 12.7 Å². The van der Waals surface area contributed by atoms with Crippen molar-refractivity contribution in [1.82, 2.24) is 0 Å². The lowest BCUT2D eigenvalue weighted by molar-refractivity contribution is 0.114. The van der Waals surface area contributed by atoms with E-state index in [0.717, 1.165) is 0 Å². The molecule has 0 aliphatic carbocycles. The summed E-state index contributed by atoms with van der Waals surface area (Å²) in [6, 6.07) is 1.94. The van der Waals surface area contributed by atoms with E-state index in [2.05, 4.69) is 0 Å². The Balaban J connectivity index is 3.04. The maximum atomic E-state index is 8.09. The summed E-state index contributed by atoms with van der Waals surface area (Å²) < 4.78 is 4.83. The molecule has 0 radical (unpaired) electrons. The quantitative estimate of drug-likeness (QED) is 0.516. The Bertz CT molecular complexity index is 74.6. The normalized spacial score (nSPS) is 12.7. The fraction of sp³-hybridized carbons (Fsp3) is 0.800. The van der Waals surface area contributed by atoms with Crippen molar-refractivity contribution in [3.05, 3.63) is 0 Å². The Morgan fingerprint density at radius 1 is 1.86 bits per heavy atom. The minimum Gasteiger partial charge on any atom is -0.364 e. The van der Waals surface area contributed by atoms with Gasteiger partial charge in [-0.15, -0.1) is 0 Å². The van der Waals surface area contributed by atoms with Crippen LogP contribution in [0.5, 0.6) is 0 Å². The monoisotopic (exact) mass is 99.1 g/mol. The summed E-state index contributed by atoms with van der Waals surface area (Å²) in [7, 11) is 0. The van der Waals surface area contributed by atoms with Crippen molar-refractivity contribution in [1.29, 1.82) is 5.26 Å². The van der Waals surface area contributed by atoms with Gasteiger partial charge in [-0.3, -0.25) is 0 Å². The van der Waals surface area contributed by atoms with E-state index in [-0.39, 0.29) is 6.10 Å². The molecule has 2 nitrogen and oxygen atoms in total. The van der Waals surface area contributed by atoms with E-state index in [1.165, 1.54) is 0 Å². The van der Waals surface area contributed by atoms with Crippen LogP contribution in [0.1, 0.15) is 13.8 Å². The van der Waals surface area contributed by atoms with Gasteiger partial charge in [0.25, 0.3) is 0 Å². The van der Waals surface area contributed by atoms with Crippen molar-refractivity contribution >= 4 is 0 Å². The standard InChI is InChI=1S/C5H9NO/c1-3-7-5(2)4-6/h5H,3H2,1-2H3/t5-/m0/s1. The number of rotatable bonds is 2. The summed E-state index contributed by atoms with van der Waals surface area (Å²) in [5, 5.41) is 8.09. The second-order valence-electron chi connectivity index (χ2n) is 1.23.